The fourth-order valence-corrected chi connectivity index (χ4v) is 2.52. The van der Waals surface area contributed by atoms with Crippen LogP contribution in [0.25, 0.3) is 0 Å². The zero-order chi connectivity index (χ0) is 11.7. The van der Waals surface area contributed by atoms with Gasteiger partial charge in [-0.05, 0) is 12.3 Å². The van der Waals surface area contributed by atoms with Crippen molar-refractivity contribution in [2.45, 2.75) is 31.0 Å². The fraction of sp³-hybridized carbons (Fsp3) is 0.667. The van der Waals surface area contributed by atoms with Crippen molar-refractivity contribution < 1.29 is 9.90 Å². The third-order valence-electron chi connectivity index (χ3n) is 2.74. The number of nitrogens with zero attached hydrogens (tertiary/aromatic N) is 2. The first kappa shape index (κ1) is 11.3. The molecule has 0 saturated heterocycles. The molecular weight excluding hydrogens is 230 g/mol. The second-order valence-corrected chi connectivity index (χ2v) is 4.78. The summed E-state index contributed by atoms with van der Waals surface area (Å²) in [6, 6.07) is 0.201. The quantitative estimate of drug-likeness (QED) is 0.744. The Morgan fingerprint density at radius 3 is 3.06 bits per heavy atom. The molecule has 2 N–H and O–H groups in total. The molecule has 1 heterocycles. The summed E-state index contributed by atoms with van der Waals surface area (Å²) in [6.45, 7) is 2.08. The van der Waals surface area contributed by atoms with E-state index >= 15 is 0 Å². The second-order valence-electron chi connectivity index (χ2n) is 3.84. The summed E-state index contributed by atoms with van der Waals surface area (Å²) in [5, 5.41) is 15.3. The van der Waals surface area contributed by atoms with Gasteiger partial charge in [0.1, 0.15) is 0 Å². The van der Waals surface area contributed by atoms with Gasteiger partial charge in [-0.3, -0.25) is 9.36 Å². The lowest BCUT2D eigenvalue weighted by Gasteiger charge is -2.02. The van der Waals surface area contributed by atoms with Gasteiger partial charge < -0.3 is 5.11 Å². The first-order chi connectivity index (χ1) is 7.63. The van der Waals surface area contributed by atoms with Crippen molar-refractivity contribution >= 4 is 17.7 Å². The molecule has 1 fully saturated rings. The average molecular weight is 243 g/mol. The van der Waals surface area contributed by atoms with Crippen molar-refractivity contribution in [1.82, 2.24) is 14.8 Å². The van der Waals surface area contributed by atoms with E-state index in [-0.39, 0.29) is 17.5 Å². The van der Waals surface area contributed by atoms with Crippen LogP contribution in [0, 0.1) is 5.92 Å². The van der Waals surface area contributed by atoms with Crippen molar-refractivity contribution in [2.75, 3.05) is 5.75 Å². The largest absolute Gasteiger partial charge is 0.481 e. The van der Waals surface area contributed by atoms with E-state index in [0.29, 0.717) is 11.1 Å². The van der Waals surface area contributed by atoms with Crippen LogP contribution in [0.15, 0.2) is 9.95 Å². The molecule has 2 atom stereocenters. The van der Waals surface area contributed by atoms with Gasteiger partial charge in [0.25, 0.3) is 0 Å². The van der Waals surface area contributed by atoms with Crippen molar-refractivity contribution in [3.63, 3.8) is 0 Å². The molecule has 88 valence electrons. The Hall–Kier alpha value is -1.24. The number of hydrogen-bond acceptors (Lipinski definition) is 4. The fourth-order valence-electron chi connectivity index (χ4n) is 1.80. The molecular formula is C9H13N3O3S. The van der Waals surface area contributed by atoms with Crippen LogP contribution in [0.1, 0.15) is 25.8 Å². The Labute approximate surface area is 96.0 Å². The molecule has 0 aromatic carbocycles. The highest BCUT2D eigenvalue weighted by atomic mass is 32.2. The Morgan fingerprint density at radius 1 is 1.75 bits per heavy atom. The molecule has 0 aliphatic heterocycles. The third-order valence-corrected chi connectivity index (χ3v) is 3.68. The predicted octanol–water partition coefficient (Wildman–Crippen LogP) is 0.719. The van der Waals surface area contributed by atoms with Gasteiger partial charge >= 0.3 is 11.7 Å². The van der Waals surface area contributed by atoms with Gasteiger partial charge in [-0.15, -0.1) is 5.10 Å². The van der Waals surface area contributed by atoms with Crippen LogP contribution in [0.4, 0.5) is 0 Å². The Bertz CT molecular complexity index is 453. The van der Waals surface area contributed by atoms with Crippen molar-refractivity contribution in [3.8, 4) is 0 Å². The molecule has 0 radical (unpaired) electrons. The number of aromatic nitrogens is 3. The highest BCUT2D eigenvalue weighted by Gasteiger charge is 2.39. The molecule has 2 unspecified atom stereocenters. The maximum absolute atomic E-state index is 11.5. The maximum Gasteiger partial charge on any atom is 0.344 e. The molecule has 1 aliphatic rings. The highest BCUT2D eigenvalue weighted by Crippen LogP contribution is 2.45. The smallest absolute Gasteiger partial charge is 0.344 e. The van der Waals surface area contributed by atoms with Gasteiger partial charge in [-0.1, -0.05) is 25.1 Å². The number of thioether (sulfide) groups is 1. The number of carboxylic acids is 1. The molecule has 6 nitrogen and oxygen atoms in total. The number of H-pyrrole nitrogens is 1. The van der Waals surface area contributed by atoms with E-state index in [4.69, 9.17) is 5.11 Å². The van der Waals surface area contributed by atoms with Gasteiger partial charge in [0.15, 0.2) is 5.16 Å². The zero-order valence-corrected chi connectivity index (χ0v) is 9.66. The summed E-state index contributed by atoms with van der Waals surface area (Å²) in [5.41, 5.74) is -0.242. The van der Waals surface area contributed by atoms with Gasteiger partial charge in [0.2, 0.25) is 0 Å². The van der Waals surface area contributed by atoms with Crippen LogP contribution in [-0.2, 0) is 4.79 Å². The monoisotopic (exact) mass is 243 g/mol. The van der Waals surface area contributed by atoms with E-state index in [1.807, 2.05) is 0 Å². The lowest BCUT2D eigenvalue weighted by Crippen LogP contribution is -2.17. The lowest BCUT2D eigenvalue weighted by atomic mass is 10.3. The number of rotatable bonds is 5. The zero-order valence-electron chi connectivity index (χ0n) is 8.84. The SMILES string of the molecule is CCC1CC1n1c(SCC(=O)O)n[nH]c1=O. The van der Waals surface area contributed by atoms with Gasteiger partial charge in [0, 0.05) is 6.04 Å². The van der Waals surface area contributed by atoms with E-state index in [1.54, 1.807) is 4.57 Å². The second kappa shape index (κ2) is 4.32. The van der Waals surface area contributed by atoms with Crippen molar-refractivity contribution in [3.05, 3.63) is 10.5 Å². The van der Waals surface area contributed by atoms with Crippen molar-refractivity contribution in [1.29, 1.82) is 0 Å². The summed E-state index contributed by atoms with van der Waals surface area (Å²) < 4.78 is 1.59. The number of aromatic amines is 1. The molecule has 1 aromatic heterocycles. The Morgan fingerprint density at radius 2 is 2.50 bits per heavy atom. The standard InChI is InChI=1S/C9H13N3O3S/c1-2-5-3-6(5)12-8(15)10-11-9(12)16-4-7(13)14/h5-6H,2-4H2,1H3,(H,10,15)(H,13,14). The molecule has 1 saturated carbocycles. The Balaban J connectivity index is 2.14. The van der Waals surface area contributed by atoms with E-state index in [1.165, 1.54) is 0 Å². The molecule has 7 heteroatoms. The summed E-state index contributed by atoms with van der Waals surface area (Å²) in [5.74, 6) is -0.456. The van der Waals surface area contributed by atoms with Crippen LogP contribution < -0.4 is 5.69 Å². The number of carbonyl (C=O) groups is 1. The van der Waals surface area contributed by atoms with E-state index in [9.17, 15) is 9.59 Å². The van der Waals surface area contributed by atoms with Gasteiger partial charge in [0.05, 0.1) is 5.75 Å². The molecule has 2 rings (SSSR count). The van der Waals surface area contributed by atoms with Gasteiger partial charge in [-0.25, -0.2) is 9.89 Å². The normalized spacial score (nSPS) is 23.3. The van der Waals surface area contributed by atoms with Crippen LogP contribution in [0.2, 0.25) is 0 Å². The van der Waals surface area contributed by atoms with Gasteiger partial charge in [-0.2, -0.15) is 0 Å². The predicted molar refractivity (Wildman–Crippen MR) is 58.6 cm³/mol. The summed E-state index contributed by atoms with van der Waals surface area (Å²) in [6.07, 6.45) is 2.02. The Kier molecular flexibility index (Phi) is 3.04. The summed E-state index contributed by atoms with van der Waals surface area (Å²) in [4.78, 5) is 22.0. The average Bonchev–Trinajstić information content (AvgIpc) is 2.92. The molecule has 0 bridgehead atoms. The number of carboxylic acid groups (broad SMARTS) is 1. The minimum Gasteiger partial charge on any atom is -0.481 e. The van der Waals surface area contributed by atoms with Crippen LogP contribution in [-0.4, -0.2) is 31.6 Å². The molecule has 16 heavy (non-hydrogen) atoms. The summed E-state index contributed by atoms with van der Waals surface area (Å²) in [7, 11) is 0. The number of nitrogens with one attached hydrogen (secondary N) is 1. The van der Waals surface area contributed by atoms with Crippen molar-refractivity contribution in [2.24, 2.45) is 5.92 Å². The van der Waals surface area contributed by atoms with Crippen LogP contribution in [0.5, 0.6) is 0 Å². The van der Waals surface area contributed by atoms with E-state index < -0.39 is 5.97 Å². The number of aliphatic carboxylic acids is 1. The molecule has 1 aromatic rings. The summed E-state index contributed by atoms with van der Waals surface area (Å²) >= 11 is 1.08. The minimum atomic E-state index is -0.908. The third kappa shape index (κ3) is 2.13. The van der Waals surface area contributed by atoms with E-state index in [2.05, 4.69) is 17.1 Å². The molecule has 0 spiro atoms. The topological polar surface area (TPSA) is 88.0 Å². The van der Waals surface area contributed by atoms with E-state index in [0.717, 1.165) is 24.6 Å². The maximum atomic E-state index is 11.5. The molecule has 0 amide bonds. The molecule has 1 aliphatic carbocycles. The lowest BCUT2D eigenvalue weighted by molar-refractivity contribution is -0.133. The van der Waals surface area contributed by atoms with Crippen LogP contribution in [0.3, 0.4) is 0 Å². The first-order valence-electron chi connectivity index (χ1n) is 5.15. The number of hydrogen-bond donors (Lipinski definition) is 2. The minimum absolute atomic E-state index is 0.0756. The van der Waals surface area contributed by atoms with Crippen LogP contribution >= 0.6 is 11.8 Å². The highest BCUT2D eigenvalue weighted by molar-refractivity contribution is 7.99. The first-order valence-corrected chi connectivity index (χ1v) is 6.13.